The third-order valence-corrected chi connectivity index (χ3v) is 4.67. The van der Waals surface area contributed by atoms with Crippen LogP contribution in [0.1, 0.15) is 50.5 Å². The predicted molar refractivity (Wildman–Crippen MR) is 74.3 cm³/mol. The first-order valence-corrected chi connectivity index (χ1v) is 7.83. The summed E-state index contributed by atoms with van der Waals surface area (Å²) in [6, 6.07) is 4.22. The van der Waals surface area contributed by atoms with E-state index in [1.165, 1.54) is 32.1 Å². The van der Waals surface area contributed by atoms with Crippen molar-refractivity contribution < 1.29 is 4.42 Å². The van der Waals surface area contributed by atoms with Crippen LogP contribution >= 0.6 is 11.8 Å². The maximum absolute atomic E-state index is 5.79. The molecule has 0 atom stereocenters. The zero-order valence-corrected chi connectivity index (χ0v) is 11.5. The molecule has 1 aliphatic carbocycles. The molecule has 1 aromatic rings. The Labute approximate surface area is 109 Å². The van der Waals surface area contributed by atoms with Crippen molar-refractivity contribution >= 4 is 11.8 Å². The highest BCUT2D eigenvalue weighted by molar-refractivity contribution is 7.99. The van der Waals surface area contributed by atoms with Crippen LogP contribution in [0.5, 0.6) is 0 Å². The van der Waals surface area contributed by atoms with E-state index < -0.39 is 0 Å². The number of thioether (sulfide) groups is 1. The Bertz CT molecular complexity index is 318. The van der Waals surface area contributed by atoms with Gasteiger partial charge in [-0.25, -0.2) is 0 Å². The second-order valence-corrected chi connectivity index (χ2v) is 6.01. The quantitative estimate of drug-likeness (QED) is 0.831. The normalized spacial score (nSPS) is 17.5. The zero-order chi connectivity index (χ0) is 11.9. The highest BCUT2D eigenvalue weighted by atomic mass is 32.2. The first-order valence-electron chi connectivity index (χ1n) is 6.78. The summed E-state index contributed by atoms with van der Waals surface area (Å²) in [5.74, 6) is 3.23. The van der Waals surface area contributed by atoms with Crippen LogP contribution in [0.2, 0.25) is 0 Å². The van der Waals surface area contributed by atoms with Gasteiger partial charge in [-0.1, -0.05) is 26.2 Å². The number of hydrogen-bond donors (Lipinski definition) is 1. The minimum absolute atomic E-state index is 0.852. The van der Waals surface area contributed by atoms with E-state index in [0.29, 0.717) is 0 Å². The van der Waals surface area contributed by atoms with E-state index in [1.807, 2.05) is 0 Å². The Morgan fingerprint density at radius 3 is 2.76 bits per heavy atom. The molecule has 17 heavy (non-hydrogen) atoms. The van der Waals surface area contributed by atoms with E-state index in [9.17, 15) is 0 Å². The van der Waals surface area contributed by atoms with Crippen molar-refractivity contribution in [3.63, 3.8) is 0 Å². The van der Waals surface area contributed by atoms with E-state index in [0.717, 1.165) is 35.6 Å². The van der Waals surface area contributed by atoms with E-state index in [4.69, 9.17) is 4.42 Å². The molecule has 0 radical (unpaired) electrons. The lowest BCUT2D eigenvalue weighted by atomic mass is 10.0. The van der Waals surface area contributed by atoms with Gasteiger partial charge in [-0.3, -0.25) is 0 Å². The Kier molecular flexibility index (Phi) is 5.46. The molecular formula is C14H23NOS. The second-order valence-electron chi connectivity index (χ2n) is 4.72. The van der Waals surface area contributed by atoms with E-state index in [2.05, 4.69) is 36.1 Å². The maximum atomic E-state index is 5.79. The van der Waals surface area contributed by atoms with Crippen LogP contribution in [0.4, 0.5) is 0 Å². The Morgan fingerprint density at radius 1 is 1.24 bits per heavy atom. The highest BCUT2D eigenvalue weighted by Crippen LogP contribution is 2.30. The molecular weight excluding hydrogens is 230 g/mol. The molecule has 0 unspecified atom stereocenters. The van der Waals surface area contributed by atoms with Gasteiger partial charge in [-0.15, -0.1) is 0 Å². The molecule has 1 heterocycles. The molecule has 2 rings (SSSR count). The average Bonchev–Trinajstić information content (AvgIpc) is 2.83. The summed E-state index contributed by atoms with van der Waals surface area (Å²) in [4.78, 5) is 0. The number of rotatable bonds is 6. The average molecular weight is 253 g/mol. The summed E-state index contributed by atoms with van der Waals surface area (Å²) in [5, 5.41) is 4.15. The molecule has 3 heteroatoms. The molecule has 0 aromatic carbocycles. The van der Waals surface area contributed by atoms with Crippen molar-refractivity contribution in [2.24, 2.45) is 0 Å². The van der Waals surface area contributed by atoms with Crippen LogP contribution in [0, 0.1) is 0 Å². The predicted octanol–water partition coefficient (Wildman–Crippen LogP) is 3.96. The molecule has 0 amide bonds. The summed E-state index contributed by atoms with van der Waals surface area (Å²) in [7, 11) is 0. The van der Waals surface area contributed by atoms with Crippen molar-refractivity contribution in [1.82, 2.24) is 5.32 Å². The first-order chi connectivity index (χ1) is 8.38. The van der Waals surface area contributed by atoms with Gasteiger partial charge >= 0.3 is 0 Å². The lowest BCUT2D eigenvalue weighted by Gasteiger charge is -2.20. The third kappa shape index (κ3) is 4.40. The topological polar surface area (TPSA) is 25.2 Å². The highest BCUT2D eigenvalue weighted by Gasteiger charge is 2.14. The fourth-order valence-electron chi connectivity index (χ4n) is 2.27. The van der Waals surface area contributed by atoms with Gasteiger partial charge in [0.1, 0.15) is 11.5 Å². The van der Waals surface area contributed by atoms with Gasteiger partial charge in [0, 0.05) is 5.25 Å². The molecule has 2 nitrogen and oxygen atoms in total. The maximum Gasteiger partial charge on any atom is 0.117 e. The van der Waals surface area contributed by atoms with Crippen molar-refractivity contribution in [3.8, 4) is 0 Å². The van der Waals surface area contributed by atoms with Gasteiger partial charge in [0.15, 0.2) is 0 Å². The smallest absolute Gasteiger partial charge is 0.117 e. The number of furan rings is 1. The fraction of sp³-hybridized carbons (Fsp3) is 0.714. The fourth-order valence-corrected chi connectivity index (χ4v) is 3.50. The summed E-state index contributed by atoms with van der Waals surface area (Å²) < 4.78 is 5.79. The van der Waals surface area contributed by atoms with Crippen LogP contribution in [0.15, 0.2) is 16.5 Å². The molecule has 0 aliphatic heterocycles. The van der Waals surface area contributed by atoms with Gasteiger partial charge < -0.3 is 9.73 Å². The zero-order valence-electron chi connectivity index (χ0n) is 10.7. The molecule has 96 valence electrons. The van der Waals surface area contributed by atoms with Crippen molar-refractivity contribution in [3.05, 3.63) is 23.7 Å². The summed E-state index contributed by atoms with van der Waals surface area (Å²) >= 11 is 2.07. The van der Waals surface area contributed by atoms with Gasteiger partial charge in [-0.2, -0.15) is 11.8 Å². The molecule has 1 fully saturated rings. The molecule has 1 saturated carbocycles. The largest absolute Gasteiger partial charge is 0.464 e. The van der Waals surface area contributed by atoms with Crippen LogP contribution in [-0.2, 0) is 12.3 Å². The van der Waals surface area contributed by atoms with Crippen molar-refractivity contribution in [2.45, 2.75) is 56.6 Å². The summed E-state index contributed by atoms with van der Waals surface area (Å²) in [5.41, 5.74) is 0. The SMILES string of the molecule is CCNCc1ccc(CSC2CCCCC2)o1. The van der Waals surface area contributed by atoms with Gasteiger partial charge in [0.25, 0.3) is 0 Å². The van der Waals surface area contributed by atoms with Crippen LogP contribution in [0.3, 0.4) is 0 Å². The van der Waals surface area contributed by atoms with Crippen LogP contribution in [-0.4, -0.2) is 11.8 Å². The van der Waals surface area contributed by atoms with Crippen molar-refractivity contribution in [1.29, 1.82) is 0 Å². The lowest BCUT2D eigenvalue weighted by Crippen LogP contribution is -2.10. The Hall–Kier alpha value is -0.410. The standard InChI is InChI=1S/C14H23NOS/c1-2-15-10-12-8-9-13(16-12)11-17-14-6-4-3-5-7-14/h8-9,14-15H,2-7,10-11H2,1H3. The lowest BCUT2D eigenvalue weighted by molar-refractivity contribution is 0.461. The minimum atomic E-state index is 0.852. The molecule has 1 N–H and O–H groups in total. The van der Waals surface area contributed by atoms with E-state index in [-0.39, 0.29) is 0 Å². The van der Waals surface area contributed by atoms with Gasteiger partial charge in [0.05, 0.1) is 12.3 Å². The van der Waals surface area contributed by atoms with E-state index >= 15 is 0 Å². The molecule has 1 aliphatic rings. The van der Waals surface area contributed by atoms with E-state index in [1.54, 1.807) is 0 Å². The van der Waals surface area contributed by atoms with Crippen LogP contribution in [0.25, 0.3) is 0 Å². The molecule has 1 aromatic heterocycles. The third-order valence-electron chi connectivity index (χ3n) is 3.28. The number of hydrogen-bond acceptors (Lipinski definition) is 3. The van der Waals surface area contributed by atoms with Crippen molar-refractivity contribution in [2.75, 3.05) is 6.54 Å². The first kappa shape index (κ1) is 13.0. The molecule has 0 bridgehead atoms. The van der Waals surface area contributed by atoms with Gasteiger partial charge in [-0.05, 0) is 31.5 Å². The van der Waals surface area contributed by atoms with Gasteiger partial charge in [0.2, 0.25) is 0 Å². The minimum Gasteiger partial charge on any atom is -0.464 e. The number of nitrogens with one attached hydrogen (secondary N) is 1. The monoisotopic (exact) mass is 253 g/mol. The Morgan fingerprint density at radius 2 is 2.00 bits per heavy atom. The molecule has 0 saturated heterocycles. The molecule has 0 spiro atoms. The summed E-state index contributed by atoms with van der Waals surface area (Å²) in [6.07, 6.45) is 7.07. The van der Waals surface area contributed by atoms with Crippen LogP contribution < -0.4 is 5.32 Å². The second kappa shape index (κ2) is 7.12. The summed E-state index contributed by atoms with van der Waals surface area (Å²) in [6.45, 7) is 3.96. The Balaban J connectivity index is 1.72.